The Bertz CT molecular complexity index is 460. The van der Waals surface area contributed by atoms with E-state index in [1.54, 1.807) is 0 Å². The third-order valence-corrected chi connectivity index (χ3v) is 4.07. The van der Waals surface area contributed by atoms with E-state index in [4.69, 9.17) is 5.73 Å². The first-order valence-corrected chi connectivity index (χ1v) is 7.33. The summed E-state index contributed by atoms with van der Waals surface area (Å²) in [5.74, 6) is -0.0432. The Balaban J connectivity index is 2.02. The highest BCUT2D eigenvalue weighted by molar-refractivity contribution is 5.97. The fraction of sp³-hybridized carbons (Fsp3) is 0.714. The third-order valence-electron chi connectivity index (χ3n) is 4.07. The lowest BCUT2D eigenvalue weighted by Crippen LogP contribution is -2.44. The number of rotatable bonds is 4. The second kappa shape index (κ2) is 6.26. The fourth-order valence-corrected chi connectivity index (χ4v) is 2.73. The van der Waals surface area contributed by atoms with Crippen LogP contribution in [0.15, 0.2) is 0 Å². The molecule has 0 aromatic carbocycles. The molecule has 1 aliphatic heterocycles. The minimum atomic E-state index is -0.0432. The van der Waals surface area contributed by atoms with Crippen LogP contribution in [0.3, 0.4) is 0 Å². The van der Waals surface area contributed by atoms with Crippen LogP contribution in [0.2, 0.25) is 0 Å². The van der Waals surface area contributed by atoms with Crippen LogP contribution in [-0.4, -0.2) is 59.1 Å². The van der Waals surface area contributed by atoms with E-state index in [9.17, 15) is 4.79 Å². The van der Waals surface area contributed by atoms with Gasteiger partial charge in [0.15, 0.2) is 5.69 Å². The number of hydrogen-bond donors (Lipinski definition) is 2. The number of H-pyrrole nitrogens is 1. The van der Waals surface area contributed by atoms with Gasteiger partial charge in [0.25, 0.3) is 5.91 Å². The maximum absolute atomic E-state index is 12.5. The number of nitrogens with two attached hydrogens (primary N) is 1. The number of likely N-dealkylation sites (tertiary alicyclic amines) is 1. The number of nitrogens with zero attached hydrogens (tertiary/aromatic N) is 3. The number of aryl methyl sites for hydroxylation is 1. The molecule has 1 aromatic rings. The summed E-state index contributed by atoms with van der Waals surface area (Å²) in [5.41, 5.74) is 7.80. The van der Waals surface area contributed by atoms with E-state index in [-0.39, 0.29) is 5.91 Å². The Labute approximate surface area is 120 Å². The molecular weight excluding hydrogens is 254 g/mol. The second-order valence-corrected chi connectivity index (χ2v) is 5.70. The summed E-state index contributed by atoms with van der Waals surface area (Å²) in [5, 5.41) is 7.00. The summed E-state index contributed by atoms with van der Waals surface area (Å²) >= 11 is 0. The van der Waals surface area contributed by atoms with Crippen LogP contribution >= 0.6 is 0 Å². The number of nitrogen functional groups attached to an aromatic ring is 1. The van der Waals surface area contributed by atoms with Crippen LogP contribution in [0, 0.1) is 0 Å². The zero-order chi connectivity index (χ0) is 14.7. The molecule has 2 rings (SSSR count). The lowest BCUT2D eigenvalue weighted by molar-refractivity contribution is 0.0658. The summed E-state index contributed by atoms with van der Waals surface area (Å²) in [6.45, 7) is 3.63. The number of aromatic nitrogens is 2. The first-order chi connectivity index (χ1) is 9.54. The normalized spacial score (nSPS) is 16.9. The topological polar surface area (TPSA) is 78.2 Å². The van der Waals surface area contributed by atoms with Crippen molar-refractivity contribution in [1.82, 2.24) is 20.0 Å². The van der Waals surface area contributed by atoms with Gasteiger partial charge in [0, 0.05) is 19.1 Å². The molecule has 0 radical (unpaired) electrons. The van der Waals surface area contributed by atoms with E-state index in [1.165, 1.54) is 0 Å². The van der Waals surface area contributed by atoms with Crippen LogP contribution in [0.4, 0.5) is 5.69 Å². The van der Waals surface area contributed by atoms with Crippen molar-refractivity contribution >= 4 is 11.6 Å². The molecule has 1 aromatic heterocycles. The number of piperidine rings is 1. The number of carbonyl (C=O) groups excluding carboxylic acids is 1. The molecule has 0 unspecified atom stereocenters. The van der Waals surface area contributed by atoms with Crippen molar-refractivity contribution in [3.63, 3.8) is 0 Å². The molecule has 20 heavy (non-hydrogen) atoms. The van der Waals surface area contributed by atoms with Gasteiger partial charge in [0.1, 0.15) is 0 Å². The second-order valence-electron chi connectivity index (χ2n) is 5.70. The smallest absolute Gasteiger partial charge is 0.276 e. The molecule has 0 aliphatic carbocycles. The number of carbonyl (C=O) groups is 1. The van der Waals surface area contributed by atoms with Crippen molar-refractivity contribution < 1.29 is 4.79 Å². The number of hydrogen-bond acceptors (Lipinski definition) is 4. The minimum absolute atomic E-state index is 0.0432. The summed E-state index contributed by atoms with van der Waals surface area (Å²) in [6, 6.07) is 0.561. The van der Waals surface area contributed by atoms with Gasteiger partial charge in [-0.25, -0.2) is 0 Å². The summed E-state index contributed by atoms with van der Waals surface area (Å²) in [4.78, 5) is 16.6. The molecule has 6 nitrogen and oxygen atoms in total. The summed E-state index contributed by atoms with van der Waals surface area (Å²) in [7, 11) is 4.18. The highest BCUT2D eigenvalue weighted by Gasteiger charge is 2.27. The molecule has 2 heterocycles. The molecule has 1 saturated heterocycles. The first-order valence-electron chi connectivity index (χ1n) is 7.33. The van der Waals surface area contributed by atoms with Gasteiger partial charge in [-0.2, -0.15) is 5.10 Å². The summed E-state index contributed by atoms with van der Waals surface area (Å²) in [6.07, 6.45) is 3.82. The Morgan fingerprint density at radius 3 is 2.65 bits per heavy atom. The van der Waals surface area contributed by atoms with Gasteiger partial charge in [-0.15, -0.1) is 0 Å². The standard InChI is InChI=1S/C14H25N5O/c1-4-5-11-12(15)13(17-16-11)14(20)19-8-6-10(7-9-19)18(2)3/h10H,4-9,15H2,1-3H3,(H,16,17). The van der Waals surface area contributed by atoms with Crippen molar-refractivity contribution in [3.05, 3.63) is 11.4 Å². The molecule has 0 spiro atoms. The highest BCUT2D eigenvalue weighted by Crippen LogP contribution is 2.21. The molecule has 1 amide bonds. The zero-order valence-corrected chi connectivity index (χ0v) is 12.6. The highest BCUT2D eigenvalue weighted by atomic mass is 16.2. The van der Waals surface area contributed by atoms with Crippen molar-refractivity contribution in [2.75, 3.05) is 32.9 Å². The largest absolute Gasteiger partial charge is 0.395 e. The van der Waals surface area contributed by atoms with Gasteiger partial charge in [0.05, 0.1) is 11.4 Å². The third kappa shape index (κ3) is 2.95. The molecule has 1 fully saturated rings. The van der Waals surface area contributed by atoms with Crippen LogP contribution in [0.25, 0.3) is 0 Å². The van der Waals surface area contributed by atoms with Gasteiger partial charge >= 0.3 is 0 Å². The van der Waals surface area contributed by atoms with Crippen molar-refractivity contribution in [3.8, 4) is 0 Å². The number of amides is 1. The van der Waals surface area contributed by atoms with Gasteiger partial charge in [0.2, 0.25) is 0 Å². The summed E-state index contributed by atoms with van der Waals surface area (Å²) < 4.78 is 0. The zero-order valence-electron chi connectivity index (χ0n) is 12.6. The van der Waals surface area contributed by atoms with Crippen LogP contribution in [0.5, 0.6) is 0 Å². The molecule has 3 N–H and O–H groups in total. The van der Waals surface area contributed by atoms with Crippen molar-refractivity contribution in [1.29, 1.82) is 0 Å². The molecule has 0 saturated carbocycles. The van der Waals surface area contributed by atoms with E-state index in [0.29, 0.717) is 17.4 Å². The number of anilines is 1. The van der Waals surface area contributed by atoms with E-state index in [2.05, 4.69) is 36.1 Å². The van der Waals surface area contributed by atoms with E-state index < -0.39 is 0 Å². The van der Waals surface area contributed by atoms with Gasteiger partial charge in [-0.1, -0.05) is 13.3 Å². The monoisotopic (exact) mass is 279 g/mol. The lowest BCUT2D eigenvalue weighted by Gasteiger charge is -2.34. The Kier molecular flexibility index (Phi) is 4.65. The quantitative estimate of drug-likeness (QED) is 0.865. The Morgan fingerprint density at radius 2 is 2.10 bits per heavy atom. The number of nitrogens with one attached hydrogen (secondary N) is 1. The molecule has 112 valence electrons. The molecular formula is C14H25N5O. The maximum Gasteiger partial charge on any atom is 0.276 e. The van der Waals surface area contributed by atoms with Crippen molar-refractivity contribution in [2.45, 2.75) is 38.6 Å². The fourth-order valence-electron chi connectivity index (χ4n) is 2.73. The average Bonchev–Trinajstić information content (AvgIpc) is 2.80. The van der Waals surface area contributed by atoms with Crippen LogP contribution in [0.1, 0.15) is 42.4 Å². The predicted octanol–water partition coefficient (Wildman–Crippen LogP) is 1.11. The van der Waals surface area contributed by atoms with Gasteiger partial charge in [-0.3, -0.25) is 9.89 Å². The van der Waals surface area contributed by atoms with E-state index in [0.717, 1.165) is 44.5 Å². The minimum Gasteiger partial charge on any atom is -0.395 e. The van der Waals surface area contributed by atoms with E-state index in [1.807, 2.05) is 4.90 Å². The SMILES string of the molecule is CCCc1[nH]nc(C(=O)N2CCC(N(C)C)CC2)c1N. The average molecular weight is 279 g/mol. The number of aromatic amines is 1. The van der Waals surface area contributed by atoms with E-state index >= 15 is 0 Å². The van der Waals surface area contributed by atoms with Crippen molar-refractivity contribution in [2.24, 2.45) is 0 Å². The van der Waals surface area contributed by atoms with Gasteiger partial charge < -0.3 is 15.5 Å². The Hall–Kier alpha value is -1.56. The first kappa shape index (κ1) is 14.8. The molecule has 1 aliphatic rings. The Morgan fingerprint density at radius 1 is 1.45 bits per heavy atom. The lowest BCUT2D eigenvalue weighted by atomic mass is 10.0. The van der Waals surface area contributed by atoms with Crippen LogP contribution in [-0.2, 0) is 6.42 Å². The predicted molar refractivity (Wildman–Crippen MR) is 79.6 cm³/mol. The molecule has 0 atom stereocenters. The maximum atomic E-state index is 12.5. The van der Waals surface area contributed by atoms with Crippen LogP contribution < -0.4 is 5.73 Å². The van der Waals surface area contributed by atoms with Gasteiger partial charge in [-0.05, 0) is 33.4 Å². The molecule has 6 heteroatoms. The molecule has 0 bridgehead atoms.